The minimum absolute atomic E-state index is 0.495. The lowest BCUT2D eigenvalue weighted by Crippen LogP contribution is -2.17. The maximum absolute atomic E-state index is 12.7. The van der Waals surface area contributed by atoms with Gasteiger partial charge in [0.25, 0.3) is 0 Å². The lowest BCUT2D eigenvalue weighted by atomic mass is 10.1. The first kappa shape index (κ1) is 10.7. The maximum atomic E-state index is 12.7. The van der Waals surface area contributed by atoms with Gasteiger partial charge in [0.15, 0.2) is 0 Å². The van der Waals surface area contributed by atoms with Crippen molar-refractivity contribution in [2.24, 2.45) is 5.92 Å². The second-order valence-electron chi connectivity index (χ2n) is 2.63. The highest BCUT2D eigenvalue weighted by Gasteiger charge is 2.30. The van der Waals surface area contributed by atoms with Crippen LogP contribution in [-0.2, 0) is 0 Å². The largest absolute Gasteiger partial charge is 0.198 e. The van der Waals surface area contributed by atoms with E-state index >= 15 is 0 Å². The third kappa shape index (κ3) is 3.06. The summed E-state index contributed by atoms with van der Waals surface area (Å²) in [5.74, 6) is -0.495. The van der Waals surface area contributed by atoms with Gasteiger partial charge in [-0.1, -0.05) is 6.92 Å². The summed E-state index contributed by atoms with van der Waals surface area (Å²) >= 11 is 0. The molecule has 2 unspecified atom stereocenters. The standard InChI is InChI=1S/C7H13F2NS/c1-4-7(5-10)6(2)11(3,8)9/h6-7H,4H2,1-3H3. The first-order chi connectivity index (χ1) is 4.93. The Morgan fingerprint density at radius 1 is 1.55 bits per heavy atom. The smallest absolute Gasteiger partial charge is 0.0668 e. The van der Waals surface area contributed by atoms with E-state index in [1.807, 2.05) is 6.07 Å². The molecule has 0 spiro atoms. The molecule has 2 atom stereocenters. The second-order valence-corrected chi connectivity index (χ2v) is 4.93. The van der Waals surface area contributed by atoms with Crippen molar-refractivity contribution in [2.45, 2.75) is 25.5 Å². The molecule has 0 fully saturated rings. The van der Waals surface area contributed by atoms with Crippen LogP contribution in [-0.4, -0.2) is 11.5 Å². The van der Waals surface area contributed by atoms with Crippen LogP contribution in [0.1, 0.15) is 20.3 Å². The average molecular weight is 181 g/mol. The lowest BCUT2D eigenvalue weighted by molar-refractivity contribution is 0.587. The molecule has 66 valence electrons. The number of hydrogen-bond donors (Lipinski definition) is 0. The molecule has 1 nitrogen and oxygen atoms in total. The minimum Gasteiger partial charge on any atom is -0.198 e. The number of halogens is 2. The van der Waals surface area contributed by atoms with Gasteiger partial charge in [-0.05, 0) is 13.3 Å². The molecule has 0 bridgehead atoms. The summed E-state index contributed by atoms with van der Waals surface area (Å²) in [7, 11) is -3.55. The van der Waals surface area contributed by atoms with E-state index in [4.69, 9.17) is 5.26 Å². The number of hydrogen-bond acceptors (Lipinski definition) is 1. The van der Waals surface area contributed by atoms with Crippen molar-refractivity contribution in [1.29, 1.82) is 5.26 Å². The molecular weight excluding hydrogens is 168 g/mol. The molecule has 0 aliphatic rings. The van der Waals surface area contributed by atoms with Crippen molar-refractivity contribution >= 4 is 10.8 Å². The topological polar surface area (TPSA) is 23.8 Å². The van der Waals surface area contributed by atoms with Crippen LogP contribution in [0.3, 0.4) is 0 Å². The van der Waals surface area contributed by atoms with Gasteiger partial charge in [0, 0.05) is 6.26 Å². The van der Waals surface area contributed by atoms with E-state index in [9.17, 15) is 7.77 Å². The van der Waals surface area contributed by atoms with Gasteiger partial charge in [-0.15, -0.1) is 0 Å². The molecular formula is C7H13F2NS. The summed E-state index contributed by atoms with van der Waals surface area (Å²) in [5.41, 5.74) is 0. The summed E-state index contributed by atoms with van der Waals surface area (Å²) in [4.78, 5) is 0. The van der Waals surface area contributed by atoms with Crippen LogP contribution in [0.25, 0.3) is 0 Å². The number of rotatable bonds is 3. The molecule has 4 heteroatoms. The predicted molar refractivity (Wildman–Crippen MR) is 44.6 cm³/mol. The first-order valence-electron chi connectivity index (χ1n) is 3.49. The number of nitrogens with zero attached hydrogens (tertiary/aromatic N) is 1. The molecule has 0 aliphatic heterocycles. The van der Waals surface area contributed by atoms with E-state index < -0.39 is 22.0 Å². The number of nitriles is 1. The zero-order valence-electron chi connectivity index (χ0n) is 6.97. The SMILES string of the molecule is CCC(C#N)C(C)S(C)(F)F. The summed E-state index contributed by atoms with van der Waals surface area (Å²) < 4.78 is 25.3. The zero-order chi connectivity index (χ0) is 9.07. The van der Waals surface area contributed by atoms with E-state index in [0.717, 1.165) is 6.26 Å². The second kappa shape index (κ2) is 3.91. The van der Waals surface area contributed by atoms with Crippen molar-refractivity contribution in [3.63, 3.8) is 0 Å². The van der Waals surface area contributed by atoms with Crippen molar-refractivity contribution in [2.75, 3.05) is 6.26 Å². The van der Waals surface area contributed by atoms with Crippen LogP contribution < -0.4 is 0 Å². The highest BCUT2D eigenvalue weighted by Crippen LogP contribution is 2.54. The van der Waals surface area contributed by atoms with E-state index in [2.05, 4.69) is 0 Å². The molecule has 0 rings (SSSR count). The molecule has 0 heterocycles. The Balaban J connectivity index is 4.24. The Morgan fingerprint density at radius 2 is 2.00 bits per heavy atom. The van der Waals surface area contributed by atoms with Crippen LogP contribution in [0.2, 0.25) is 0 Å². The fourth-order valence-electron chi connectivity index (χ4n) is 0.817. The van der Waals surface area contributed by atoms with E-state index in [0.29, 0.717) is 6.42 Å². The first-order valence-corrected chi connectivity index (χ1v) is 5.40. The van der Waals surface area contributed by atoms with Gasteiger partial charge in [0.1, 0.15) is 0 Å². The van der Waals surface area contributed by atoms with Gasteiger partial charge in [0.2, 0.25) is 0 Å². The van der Waals surface area contributed by atoms with Crippen LogP contribution in [0.15, 0.2) is 0 Å². The Morgan fingerprint density at radius 3 is 2.09 bits per heavy atom. The molecule has 0 radical (unpaired) electrons. The third-order valence-corrected chi connectivity index (χ3v) is 3.46. The molecule has 0 aliphatic carbocycles. The molecule has 0 aromatic rings. The third-order valence-electron chi connectivity index (χ3n) is 1.83. The van der Waals surface area contributed by atoms with Crippen LogP contribution in [0.5, 0.6) is 0 Å². The van der Waals surface area contributed by atoms with Gasteiger partial charge < -0.3 is 0 Å². The average Bonchev–Trinajstić information content (AvgIpc) is 1.88. The zero-order valence-corrected chi connectivity index (χ0v) is 7.79. The van der Waals surface area contributed by atoms with Gasteiger partial charge in [-0.25, -0.2) is 0 Å². The Labute approximate surface area is 68.3 Å². The highest BCUT2D eigenvalue weighted by atomic mass is 32.3. The van der Waals surface area contributed by atoms with Gasteiger partial charge in [0.05, 0.1) is 28.0 Å². The fourth-order valence-corrected chi connectivity index (χ4v) is 1.65. The molecule has 0 N–H and O–H groups in total. The Kier molecular flexibility index (Phi) is 3.81. The normalized spacial score (nSPS) is 18.5. The molecule has 11 heavy (non-hydrogen) atoms. The van der Waals surface area contributed by atoms with Gasteiger partial charge in [-0.3, -0.25) is 0 Å². The van der Waals surface area contributed by atoms with Gasteiger partial charge in [-0.2, -0.15) is 13.0 Å². The minimum atomic E-state index is -3.55. The fraction of sp³-hybridized carbons (Fsp3) is 0.857. The van der Waals surface area contributed by atoms with Gasteiger partial charge >= 0.3 is 0 Å². The lowest BCUT2D eigenvalue weighted by Gasteiger charge is -2.26. The highest BCUT2D eigenvalue weighted by molar-refractivity contribution is 8.25. The van der Waals surface area contributed by atoms with E-state index in [1.54, 1.807) is 6.92 Å². The summed E-state index contributed by atoms with van der Waals surface area (Å²) in [5, 5.41) is 7.72. The Hall–Kier alpha value is -0.300. The van der Waals surface area contributed by atoms with Crippen LogP contribution in [0.4, 0.5) is 7.77 Å². The van der Waals surface area contributed by atoms with E-state index in [-0.39, 0.29) is 0 Å². The van der Waals surface area contributed by atoms with Crippen molar-refractivity contribution in [3.8, 4) is 6.07 Å². The van der Waals surface area contributed by atoms with Crippen LogP contribution >= 0.6 is 10.8 Å². The molecule has 0 aromatic heterocycles. The van der Waals surface area contributed by atoms with Crippen molar-refractivity contribution in [3.05, 3.63) is 0 Å². The molecule has 0 saturated carbocycles. The monoisotopic (exact) mass is 181 g/mol. The van der Waals surface area contributed by atoms with Crippen LogP contribution in [0, 0.1) is 17.2 Å². The molecule has 0 aromatic carbocycles. The molecule has 0 saturated heterocycles. The van der Waals surface area contributed by atoms with Crippen molar-refractivity contribution in [1.82, 2.24) is 0 Å². The van der Waals surface area contributed by atoms with E-state index in [1.165, 1.54) is 6.92 Å². The summed E-state index contributed by atoms with van der Waals surface area (Å²) in [6.45, 7) is 3.21. The maximum Gasteiger partial charge on any atom is 0.0668 e. The Bertz CT molecular complexity index is 159. The molecule has 0 amide bonds. The summed E-state index contributed by atoms with van der Waals surface area (Å²) in [6, 6.07) is 1.90. The predicted octanol–water partition coefficient (Wildman–Crippen LogP) is 3.13. The summed E-state index contributed by atoms with van der Waals surface area (Å²) in [6.07, 6.45) is 1.45. The van der Waals surface area contributed by atoms with Crippen molar-refractivity contribution < 1.29 is 7.77 Å². The quantitative estimate of drug-likeness (QED) is 0.656.